The van der Waals surface area contributed by atoms with Crippen LogP contribution in [-0.2, 0) is 11.2 Å². The molecule has 0 radical (unpaired) electrons. The van der Waals surface area contributed by atoms with E-state index in [2.05, 4.69) is 6.92 Å². The summed E-state index contributed by atoms with van der Waals surface area (Å²) in [6.45, 7) is 2.07. The molecule has 0 aliphatic heterocycles. The maximum atomic E-state index is 13.3. The van der Waals surface area contributed by atoms with Gasteiger partial charge in [-0.2, -0.15) is 0 Å². The third kappa shape index (κ3) is 5.21. The maximum Gasteiger partial charge on any atom is 0.244 e. The number of amides is 1. The van der Waals surface area contributed by atoms with Gasteiger partial charge in [-0.3, -0.25) is 9.69 Å². The maximum absolute atomic E-state index is 13.3. The third-order valence-electron chi connectivity index (χ3n) is 5.17. The summed E-state index contributed by atoms with van der Waals surface area (Å²) in [5.74, 6) is 2.10. The van der Waals surface area contributed by atoms with Crippen LogP contribution in [0.1, 0.15) is 12.5 Å². The third-order valence-corrected chi connectivity index (χ3v) is 5.17. The van der Waals surface area contributed by atoms with Crippen LogP contribution in [-0.4, -0.2) is 59.3 Å². The van der Waals surface area contributed by atoms with E-state index in [1.165, 1.54) is 0 Å². The van der Waals surface area contributed by atoms with E-state index < -0.39 is 0 Å². The van der Waals surface area contributed by atoms with E-state index >= 15 is 0 Å². The van der Waals surface area contributed by atoms with E-state index in [-0.39, 0.29) is 17.9 Å². The van der Waals surface area contributed by atoms with Gasteiger partial charge < -0.3 is 19.1 Å². The van der Waals surface area contributed by atoms with Crippen molar-refractivity contribution in [3.05, 3.63) is 48.0 Å². The monoisotopic (exact) mass is 400 g/mol. The van der Waals surface area contributed by atoms with Crippen LogP contribution in [0.4, 0.5) is 5.69 Å². The fourth-order valence-electron chi connectivity index (χ4n) is 3.66. The molecule has 1 amide bonds. The lowest BCUT2D eigenvalue weighted by Crippen LogP contribution is -2.48. The second-order valence-electron chi connectivity index (χ2n) is 7.33. The first-order valence-electron chi connectivity index (χ1n) is 9.61. The van der Waals surface area contributed by atoms with Crippen molar-refractivity contribution in [3.63, 3.8) is 0 Å². The Bertz CT molecular complexity index is 783. The highest BCUT2D eigenvalue weighted by atomic mass is 16.5. The van der Waals surface area contributed by atoms with Crippen molar-refractivity contribution in [2.24, 2.45) is 5.92 Å². The largest absolute Gasteiger partial charge is 0.496 e. The Hall–Kier alpha value is -2.73. The van der Waals surface area contributed by atoms with Crippen molar-refractivity contribution >= 4 is 11.6 Å². The highest BCUT2D eigenvalue weighted by Gasteiger charge is 2.31. The number of carbonyl (C=O) groups excluding carboxylic acids is 1. The summed E-state index contributed by atoms with van der Waals surface area (Å²) in [7, 11) is 10.5. The number of hydrogen-bond acceptors (Lipinski definition) is 5. The number of nitrogens with zero attached hydrogens (tertiary/aromatic N) is 2. The van der Waals surface area contributed by atoms with Crippen molar-refractivity contribution in [1.29, 1.82) is 0 Å². The lowest BCUT2D eigenvalue weighted by molar-refractivity contribution is -0.124. The zero-order valence-corrected chi connectivity index (χ0v) is 18.4. The van der Waals surface area contributed by atoms with Crippen molar-refractivity contribution < 1.29 is 19.0 Å². The van der Waals surface area contributed by atoms with Crippen LogP contribution >= 0.6 is 0 Å². The average Bonchev–Trinajstić information content (AvgIpc) is 2.73. The second kappa shape index (κ2) is 10.2. The Morgan fingerprint density at radius 3 is 1.93 bits per heavy atom. The lowest BCUT2D eigenvalue weighted by Gasteiger charge is -2.33. The van der Waals surface area contributed by atoms with Gasteiger partial charge in [-0.05, 0) is 38.6 Å². The number of benzene rings is 2. The molecule has 0 saturated carbocycles. The molecule has 6 nitrogen and oxygen atoms in total. The standard InChI is InChI=1S/C23H32N2O4/c1-16(13-19-20(28-6)14-18(27-5)15-21(19)29-7)22(24(2)3)23(26)25(4)17-11-9-8-10-12-17/h8-12,14-16,22H,13H2,1-7H3. The van der Waals surface area contributed by atoms with Crippen LogP contribution in [0.3, 0.4) is 0 Å². The van der Waals surface area contributed by atoms with Crippen molar-refractivity contribution in [2.75, 3.05) is 47.4 Å². The Morgan fingerprint density at radius 2 is 1.48 bits per heavy atom. The van der Waals surface area contributed by atoms with Gasteiger partial charge >= 0.3 is 0 Å². The molecule has 0 spiro atoms. The highest BCUT2D eigenvalue weighted by molar-refractivity contribution is 5.96. The number of carbonyl (C=O) groups is 1. The molecule has 2 aromatic carbocycles. The van der Waals surface area contributed by atoms with Crippen LogP contribution in [0.15, 0.2) is 42.5 Å². The van der Waals surface area contributed by atoms with E-state index in [4.69, 9.17) is 14.2 Å². The molecule has 158 valence electrons. The molecule has 6 heteroatoms. The molecule has 0 heterocycles. The number of methoxy groups -OCH3 is 3. The van der Waals surface area contributed by atoms with E-state index in [9.17, 15) is 4.79 Å². The van der Waals surface area contributed by atoms with E-state index in [1.807, 2.05) is 68.5 Å². The van der Waals surface area contributed by atoms with Crippen LogP contribution in [0, 0.1) is 5.92 Å². The zero-order valence-electron chi connectivity index (χ0n) is 18.4. The van der Waals surface area contributed by atoms with Crippen LogP contribution in [0.5, 0.6) is 17.2 Å². The second-order valence-corrected chi connectivity index (χ2v) is 7.33. The van der Waals surface area contributed by atoms with Crippen LogP contribution in [0.2, 0.25) is 0 Å². The molecule has 0 bridgehead atoms. The summed E-state index contributed by atoms with van der Waals surface area (Å²) < 4.78 is 16.5. The van der Waals surface area contributed by atoms with Crippen molar-refractivity contribution in [3.8, 4) is 17.2 Å². The predicted molar refractivity (Wildman–Crippen MR) is 116 cm³/mol. The number of ether oxygens (including phenoxy) is 3. The number of likely N-dealkylation sites (N-methyl/N-ethyl adjacent to an activating group) is 2. The average molecular weight is 401 g/mol. The Kier molecular flexibility index (Phi) is 7.91. The predicted octanol–water partition coefficient (Wildman–Crippen LogP) is 3.48. The minimum Gasteiger partial charge on any atom is -0.496 e. The fraction of sp³-hybridized carbons (Fsp3) is 0.435. The summed E-state index contributed by atoms with van der Waals surface area (Å²) in [5.41, 5.74) is 1.79. The molecular formula is C23H32N2O4. The first-order chi connectivity index (χ1) is 13.8. The van der Waals surface area contributed by atoms with Gasteiger partial charge in [0.2, 0.25) is 5.91 Å². The van der Waals surface area contributed by atoms with Gasteiger partial charge in [0.15, 0.2) is 0 Å². The van der Waals surface area contributed by atoms with E-state index in [0.29, 0.717) is 23.7 Å². The van der Waals surface area contributed by atoms with E-state index in [0.717, 1.165) is 11.3 Å². The zero-order chi connectivity index (χ0) is 21.6. The van der Waals surface area contributed by atoms with Crippen LogP contribution < -0.4 is 19.1 Å². The number of anilines is 1. The van der Waals surface area contributed by atoms with Gasteiger partial charge in [0, 0.05) is 30.4 Å². The van der Waals surface area contributed by atoms with Gasteiger partial charge in [-0.25, -0.2) is 0 Å². The Morgan fingerprint density at radius 1 is 0.931 bits per heavy atom. The topological polar surface area (TPSA) is 51.2 Å². The first-order valence-corrected chi connectivity index (χ1v) is 9.61. The molecular weight excluding hydrogens is 368 g/mol. The molecule has 0 aliphatic rings. The smallest absolute Gasteiger partial charge is 0.244 e. The SMILES string of the molecule is COc1cc(OC)c(CC(C)C(C(=O)N(C)c2ccccc2)N(C)C)c(OC)c1. The number of para-hydroxylation sites is 1. The minimum absolute atomic E-state index is 0.0138. The van der Waals surface area contributed by atoms with Gasteiger partial charge in [-0.15, -0.1) is 0 Å². The normalized spacial score (nSPS) is 13.0. The highest BCUT2D eigenvalue weighted by Crippen LogP contribution is 2.36. The molecule has 29 heavy (non-hydrogen) atoms. The molecule has 2 aromatic rings. The molecule has 0 aliphatic carbocycles. The van der Waals surface area contributed by atoms with Crippen LogP contribution in [0.25, 0.3) is 0 Å². The van der Waals surface area contributed by atoms with Gasteiger partial charge in [0.05, 0.1) is 27.4 Å². The van der Waals surface area contributed by atoms with Crippen molar-refractivity contribution in [1.82, 2.24) is 4.90 Å². The quantitative estimate of drug-likeness (QED) is 0.645. The molecule has 2 atom stereocenters. The number of rotatable bonds is 9. The molecule has 0 N–H and O–H groups in total. The summed E-state index contributed by atoms with van der Waals surface area (Å²) >= 11 is 0. The van der Waals surface area contributed by atoms with Crippen molar-refractivity contribution in [2.45, 2.75) is 19.4 Å². The summed E-state index contributed by atoms with van der Waals surface area (Å²) in [4.78, 5) is 17.0. The van der Waals surface area contributed by atoms with Gasteiger partial charge in [-0.1, -0.05) is 25.1 Å². The molecule has 0 saturated heterocycles. The Balaban J connectivity index is 2.33. The van der Waals surface area contributed by atoms with E-state index in [1.54, 1.807) is 26.2 Å². The molecule has 2 unspecified atom stereocenters. The lowest BCUT2D eigenvalue weighted by atomic mass is 9.91. The summed E-state index contributed by atoms with van der Waals surface area (Å²) in [6, 6.07) is 13.0. The molecule has 0 aromatic heterocycles. The first kappa shape index (κ1) is 22.6. The number of hydrogen-bond donors (Lipinski definition) is 0. The fourth-order valence-corrected chi connectivity index (χ4v) is 3.66. The van der Waals surface area contributed by atoms with Gasteiger partial charge in [0.1, 0.15) is 17.2 Å². The molecule has 2 rings (SSSR count). The molecule has 0 fully saturated rings. The summed E-state index contributed by atoms with van der Waals surface area (Å²) in [6.07, 6.45) is 0.619. The summed E-state index contributed by atoms with van der Waals surface area (Å²) in [5, 5.41) is 0. The van der Waals surface area contributed by atoms with Gasteiger partial charge in [0.25, 0.3) is 0 Å². The minimum atomic E-state index is -0.309. The Labute approximate surface area is 174 Å².